The molecular weight excluding hydrogens is 168 g/mol. The van der Waals surface area contributed by atoms with E-state index in [9.17, 15) is 4.79 Å². The molecule has 1 aliphatic rings. The van der Waals surface area contributed by atoms with Gasteiger partial charge in [-0.25, -0.2) is 4.79 Å². The van der Waals surface area contributed by atoms with Crippen molar-refractivity contribution in [2.75, 3.05) is 5.73 Å². The third-order valence-electron chi connectivity index (χ3n) is 2.19. The summed E-state index contributed by atoms with van der Waals surface area (Å²) in [6.45, 7) is 0. The summed E-state index contributed by atoms with van der Waals surface area (Å²) in [4.78, 5) is 14.9. The van der Waals surface area contributed by atoms with E-state index in [1.165, 1.54) is 6.07 Å². The maximum Gasteiger partial charge on any atom is 0.339 e. The Labute approximate surface area is 75.4 Å². The molecule has 0 atom stereocenters. The molecule has 0 saturated heterocycles. The van der Waals surface area contributed by atoms with E-state index >= 15 is 0 Å². The summed E-state index contributed by atoms with van der Waals surface area (Å²) in [6, 6.07) is 1.52. The lowest BCUT2D eigenvalue weighted by atomic mass is 10.1. The maximum absolute atomic E-state index is 10.9. The van der Waals surface area contributed by atoms with Crippen molar-refractivity contribution in [3.8, 4) is 0 Å². The second kappa shape index (κ2) is 2.73. The highest BCUT2D eigenvalue weighted by molar-refractivity contribution is 5.95. The van der Waals surface area contributed by atoms with Gasteiger partial charge in [-0.15, -0.1) is 0 Å². The number of nitrogens with two attached hydrogens (primary N) is 1. The number of nitrogens with zero attached hydrogens (tertiary/aromatic N) is 1. The molecule has 1 aromatic rings. The van der Waals surface area contributed by atoms with Gasteiger partial charge in [0.2, 0.25) is 0 Å². The topological polar surface area (TPSA) is 76.2 Å². The molecule has 1 aromatic heterocycles. The molecule has 3 N–H and O–H groups in total. The number of nitrogen functional groups attached to an aromatic ring is 1. The lowest BCUT2D eigenvalue weighted by Crippen LogP contribution is -2.08. The van der Waals surface area contributed by atoms with Gasteiger partial charge in [0.25, 0.3) is 0 Å². The van der Waals surface area contributed by atoms with Gasteiger partial charge in [0.15, 0.2) is 0 Å². The lowest BCUT2D eigenvalue weighted by molar-refractivity contribution is 0.0696. The Hall–Kier alpha value is -1.58. The minimum atomic E-state index is -0.979. The van der Waals surface area contributed by atoms with Gasteiger partial charge in [0, 0.05) is 17.8 Å². The number of pyridine rings is 1. The highest BCUT2D eigenvalue weighted by Crippen LogP contribution is 2.41. The third-order valence-corrected chi connectivity index (χ3v) is 2.19. The molecule has 4 heteroatoms. The number of carboxylic acids is 1. The van der Waals surface area contributed by atoms with E-state index in [0.29, 0.717) is 17.3 Å². The van der Waals surface area contributed by atoms with Gasteiger partial charge >= 0.3 is 5.97 Å². The molecule has 0 spiro atoms. The number of hydrogen-bond donors (Lipinski definition) is 2. The third kappa shape index (κ3) is 1.35. The number of hydrogen-bond acceptors (Lipinski definition) is 3. The molecule has 0 amide bonds. The van der Waals surface area contributed by atoms with Crippen LogP contribution in [0.5, 0.6) is 0 Å². The summed E-state index contributed by atoms with van der Waals surface area (Å²) in [7, 11) is 0. The SMILES string of the molecule is Nc1ccnc(C2CC2)c1C(=O)O. The predicted molar refractivity (Wildman–Crippen MR) is 47.6 cm³/mol. The van der Waals surface area contributed by atoms with Gasteiger partial charge in [0.1, 0.15) is 5.56 Å². The maximum atomic E-state index is 10.9. The van der Waals surface area contributed by atoms with Gasteiger partial charge < -0.3 is 10.8 Å². The molecule has 0 aliphatic heterocycles. The van der Waals surface area contributed by atoms with Gasteiger partial charge in [-0.2, -0.15) is 0 Å². The highest BCUT2D eigenvalue weighted by atomic mass is 16.4. The van der Waals surface area contributed by atoms with Crippen molar-refractivity contribution in [2.45, 2.75) is 18.8 Å². The van der Waals surface area contributed by atoms with Crippen LogP contribution in [-0.2, 0) is 0 Å². The predicted octanol–water partition coefficient (Wildman–Crippen LogP) is 1.24. The van der Waals surface area contributed by atoms with Crippen LogP contribution in [0, 0.1) is 0 Å². The van der Waals surface area contributed by atoms with Crippen molar-refractivity contribution < 1.29 is 9.90 Å². The summed E-state index contributed by atoms with van der Waals surface area (Å²) in [5.74, 6) is -0.665. The second-order valence-electron chi connectivity index (χ2n) is 3.24. The fourth-order valence-electron chi connectivity index (χ4n) is 1.39. The zero-order valence-electron chi connectivity index (χ0n) is 7.03. The minimum absolute atomic E-state index is 0.185. The number of carboxylic acid groups (broad SMARTS) is 1. The average Bonchev–Trinajstić information content (AvgIpc) is 2.85. The second-order valence-corrected chi connectivity index (χ2v) is 3.24. The Morgan fingerprint density at radius 2 is 2.31 bits per heavy atom. The smallest absolute Gasteiger partial charge is 0.339 e. The first-order valence-corrected chi connectivity index (χ1v) is 4.18. The van der Waals surface area contributed by atoms with Crippen molar-refractivity contribution in [1.29, 1.82) is 0 Å². The van der Waals surface area contributed by atoms with Crippen molar-refractivity contribution in [1.82, 2.24) is 4.98 Å². The Morgan fingerprint density at radius 3 is 2.85 bits per heavy atom. The van der Waals surface area contributed by atoms with Crippen LogP contribution in [0.2, 0.25) is 0 Å². The molecular formula is C9H10N2O2. The molecule has 1 saturated carbocycles. The summed E-state index contributed by atoms with van der Waals surface area (Å²) in [5.41, 5.74) is 6.71. The van der Waals surface area contributed by atoms with E-state index in [2.05, 4.69) is 4.98 Å². The molecule has 4 nitrogen and oxygen atoms in total. The summed E-state index contributed by atoms with van der Waals surface area (Å²) in [5, 5.41) is 8.90. The molecule has 2 rings (SSSR count). The molecule has 1 fully saturated rings. The normalized spacial score (nSPS) is 15.7. The van der Waals surface area contributed by atoms with Crippen LogP contribution in [0.4, 0.5) is 5.69 Å². The van der Waals surface area contributed by atoms with Crippen LogP contribution in [-0.4, -0.2) is 16.1 Å². The van der Waals surface area contributed by atoms with Gasteiger partial charge in [-0.05, 0) is 18.9 Å². The molecule has 0 aromatic carbocycles. The Bertz CT molecular complexity index is 359. The zero-order chi connectivity index (χ0) is 9.42. The largest absolute Gasteiger partial charge is 0.478 e. The number of rotatable bonds is 2. The molecule has 1 aliphatic carbocycles. The van der Waals surface area contributed by atoms with Crippen LogP contribution in [0.1, 0.15) is 34.8 Å². The quantitative estimate of drug-likeness (QED) is 0.714. The average molecular weight is 178 g/mol. The van der Waals surface area contributed by atoms with Crippen molar-refractivity contribution in [3.05, 3.63) is 23.5 Å². The first kappa shape index (κ1) is 8.04. The number of aromatic carboxylic acids is 1. The zero-order valence-corrected chi connectivity index (χ0v) is 7.03. The molecule has 1 heterocycles. The van der Waals surface area contributed by atoms with Crippen molar-refractivity contribution >= 4 is 11.7 Å². The van der Waals surface area contributed by atoms with Gasteiger partial charge in [-0.3, -0.25) is 4.98 Å². The minimum Gasteiger partial charge on any atom is -0.478 e. The number of anilines is 1. The molecule has 68 valence electrons. The lowest BCUT2D eigenvalue weighted by Gasteiger charge is -2.05. The van der Waals surface area contributed by atoms with Crippen molar-refractivity contribution in [3.63, 3.8) is 0 Å². The first-order valence-electron chi connectivity index (χ1n) is 4.18. The monoisotopic (exact) mass is 178 g/mol. The Kier molecular flexibility index (Phi) is 1.69. The Balaban J connectivity index is 2.53. The summed E-state index contributed by atoms with van der Waals surface area (Å²) in [6.07, 6.45) is 3.61. The number of carbonyl (C=O) groups is 1. The van der Waals surface area contributed by atoms with E-state index in [0.717, 1.165) is 12.8 Å². The van der Waals surface area contributed by atoms with Crippen molar-refractivity contribution in [2.24, 2.45) is 0 Å². The van der Waals surface area contributed by atoms with E-state index in [-0.39, 0.29) is 5.56 Å². The fourth-order valence-corrected chi connectivity index (χ4v) is 1.39. The van der Waals surface area contributed by atoms with Crippen LogP contribution in [0.3, 0.4) is 0 Å². The van der Waals surface area contributed by atoms with E-state index in [1.54, 1.807) is 6.20 Å². The first-order chi connectivity index (χ1) is 6.20. The molecule has 0 radical (unpaired) electrons. The Morgan fingerprint density at radius 1 is 1.62 bits per heavy atom. The molecule has 0 bridgehead atoms. The van der Waals surface area contributed by atoms with E-state index in [4.69, 9.17) is 10.8 Å². The van der Waals surface area contributed by atoms with Gasteiger partial charge in [-0.1, -0.05) is 0 Å². The highest BCUT2D eigenvalue weighted by Gasteiger charge is 2.30. The van der Waals surface area contributed by atoms with Crippen LogP contribution < -0.4 is 5.73 Å². The van der Waals surface area contributed by atoms with Crippen LogP contribution in [0.25, 0.3) is 0 Å². The van der Waals surface area contributed by atoms with Gasteiger partial charge in [0.05, 0.1) is 5.69 Å². The van der Waals surface area contributed by atoms with E-state index in [1.807, 2.05) is 0 Å². The van der Waals surface area contributed by atoms with Crippen LogP contribution in [0.15, 0.2) is 12.3 Å². The molecule has 13 heavy (non-hydrogen) atoms. The standard InChI is InChI=1S/C9H10N2O2/c10-6-3-4-11-8(5-1-2-5)7(6)9(12)13/h3-5H,1-2H2,(H2,10,11)(H,12,13). The van der Waals surface area contributed by atoms with E-state index < -0.39 is 5.97 Å². The van der Waals surface area contributed by atoms with Crippen LogP contribution >= 0.6 is 0 Å². The molecule has 0 unspecified atom stereocenters. The number of aromatic nitrogens is 1. The summed E-state index contributed by atoms with van der Waals surface area (Å²) < 4.78 is 0. The summed E-state index contributed by atoms with van der Waals surface area (Å²) >= 11 is 0. The fraction of sp³-hybridized carbons (Fsp3) is 0.333.